The van der Waals surface area contributed by atoms with E-state index in [-0.39, 0.29) is 16.6 Å². The molecule has 0 aliphatic carbocycles. The third kappa shape index (κ3) is 4.46. The summed E-state index contributed by atoms with van der Waals surface area (Å²) in [5.41, 5.74) is 1.17. The number of hydrogen-bond acceptors (Lipinski definition) is 3. The average Bonchev–Trinajstić information content (AvgIpc) is 2.42. The van der Waals surface area contributed by atoms with E-state index in [9.17, 15) is 13.2 Å². The van der Waals surface area contributed by atoms with Crippen molar-refractivity contribution in [3.63, 3.8) is 0 Å². The van der Waals surface area contributed by atoms with Crippen molar-refractivity contribution in [2.75, 3.05) is 16.3 Å². The lowest BCUT2D eigenvalue weighted by atomic mass is 10.2. The molecule has 0 fully saturated rings. The van der Waals surface area contributed by atoms with Crippen molar-refractivity contribution in [3.8, 4) is 0 Å². The van der Waals surface area contributed by atoms with Gasteiger partial charge in [-0.15, -0.1) is 0 Å². The molecule has 1 amide bonds. The third-order valence-corrected chi connectivity index (χ3v) is 4.24. The molecule has 116 valence electrons. The molecule has 0 aliphatic rings. The van der Waals surface area contributed by atoms with Crippen molar-refractivity contribution in [3.05, 3.63) is 57.5 Å². The monoisotopic (exact) mass is 402 g/mol. The van der Waals surface area contributed by atoms with E-state index in [1.807, 2.05) is 12.1 Å². The molecule has 2 aromatic rings. The summed E-state index contributed by atoms with van der Waals surface area (Å²) in [5.74, 6) is -0.347. The summed E-state index contributed by atoms with van der Waals surface area (Å²) >= 11 is 9.34. The van der Waals surface area contributed by atoms with Crippen LogP contribution in [-0.4, -0.2) is 20.6 Å². The topological polar surface area (TPSA) is 75.3 Å². The SMILES string of the molecule is CS(=O)(=O)Nc1ccc(C(=O)Nc2ccccc2Br)cc1Cl. The van der Waals surface area contributed by atoms with E-state index >= 15 is 0 Å². The number of para-hydroxylation sites is 1. The molecule has 0 radical (unpaired) electrons. The van der Waals surface area contributed by atoms with Crippen LogP contribution in [0.5, 0.6) is 0 Å². The standard InChI is InChI=1S/C14H12BrClN2O3S/c1-22(20,21)18-13-7-6-9(8-11(13)16)14(19)17-12-5-3-2-4-10(12)15/h2-8,18H,1H3,(H,17,19). The Bertz CT molecular complexity index is 825. The zero-order chi connectivity index (χ0) is 16.3. The normalized spacial score (nSPS) is 11.0. The molecule has 0 bridgehead atoms. The van der Waals surface area contributed by atoms with Gasteiger partial charge in [0.25, 0.3) is 5.91 Å². The van der Waals surface area contributed by atoms with Crippen LogP contribution in [0.3, 0.4) is 0 Å². The summed E-state index contributed by atoms with van der Waals surface area (Å²) in [6.07, 6.45) is 1.02. The smallest absolute Gasteiger partial charge is 0.255 e. The van der Waals surface area contributed by atoms with E-state index in [0.717, 1.165) is 10.7 Å². The summed E-state index contributed by atoms with van der Waals surface area (Å²) in [6.45, 7) is 0. The number of rotatable bonds is 4. The summed E-state index contributed by atoms with van der Waals surface area (Å²) in [4.78, 5) is 12.2. The van der Waals surface area contributed by atoms with Crippen LogP contribution in [0, 0.1) is 0 Å². The Balaban J connectivity index is 2.21. The number of benzene rings is 2. The molecule has 0 heterocycles. The number of nitrogens with one attached hydrogen (secondary N) is 2. The lowest BCUT2D eigenvalue weighted by Crippen LogP contribution is -2.13. The molecule has 2 aromatic carbocycles. The predicted molar refractivity (Wildman–Crippen MR) is 92.0 cm³/mol. The van der Waals surface area contributed by atoms with E-state index in [2.05, 4.69) is 26.0 Å². The van der Waals surface area contributed by atoms with Gasteiger partial charge in [-0.25, -0.2) is 8.42 Å². The second-order valence-electron chi connectivity index (χ2n) is 4.50. The van der Waals surface area contributed by atoms with E-state index in [1.54, 1.807) is 12.1 Å². The Morgan fingerprint density at radius 3 is 2.41 bits per heavy atom. The van der Waals surface area contributed by atoms with Crippen LogP contribution in [-0.2, 0) is 10.0 Å². The number of sulfonamides is 1. The molecule has 5 nitrogen and oxygen atoms in total. The number of amides is 1. The fourth-order valence-corrected chi connectivity index (χ4v) is 2.94. The highest BCUT2D eigenvalue weighted by Gasteiger charge is 2.12. The second kappa shape index (κ2) is 6.68. The Hall–Kier alpha value is -1.57. The van der Waals surface area contributed by atoms with E-state index in [0.29, 0.717) is 11.3 Å². The summed E-state index contributed by atoms with van der Waals surface area (Å²) < 4.78 is 25.4. The first-order valence-corrected chi connectivity index (χ1v) is 9.16. The van der Waals surface area contributed by atoms with E-state index < -0.39 is 10.0 Å². The highest BCUT2D eigenvalue weighted by atomic mass is 79.9. The van der Waals surface area contributed by atoms with Crippen molar-refractivity contribution >= 4 is 54.8 Å². The second-order valence-corrected chi connectivity index (χ2v) is 7.51. The van der Waals surface area contributed by atoms with Crippen LogP contribution in [0.1, 0.15) is 10.4 Å². The molecule has 0 saturated carbocycles. The van der Waals surface area contributed by atoms with E-state index in [4.69, 9.17) is 11.6 Å². The fraction of sp³-hybridized carbons (Fsp3) is 0.0714. The molecular formula is C14H12BrClN2O3S. The highest BCUT2D eigenvalue weighted by Crippen LogP contribution is 2.26. The van der Waals surface area contributed by atoms with Crippen molar-refractivity contribution < 1.29 is 13.2 Å². The summed E-state index contributed by atoms with van der Waals surface area (Å²) in [7, 11) is -3.43. The summed E-state index contributed by atoms with van der Waals surface area (Å²) in [6, 6.07) is 11.5. The number of carbonyl (C=O) groups excluding carboxylic acids is 1. The minimum Gasteiger partial charge on any atom is -0.321 e. The van der Waals surface area contributed by atoms with Gasteiger partial charge in [-0.1, -0.05) is 23.7 Å². The number of carbonyl (C=O) groups is 1. The van der Waals surface area contributed by atoms with Crippen LogP contribution in [0.4, 0.5) is 11.4 Å². The molecule has 8 heteroatoms. The first-order valence-electron chi connectivity index (χ1n) is 6.09. The van der Waals surface area contributed by atoms with Gasteiger partial charge in [-0.3, -0.25) is 9.52 Å². The van der Waals surface area contributed by atoms with Crippen molar-refractivity contribution in [1.82, 2.24) is 0 Å². The molecule has 2 rings (SSSR count). The fourth-order valence-electron chi connectivity index (χ4n) is 1.70. The maximum Gasteiger partial charge on any atom is 0.255 e. The van der Waals surface area contributed by atoms with Crippen LogP contribution in [0.2, 0.25) is 5.02 Å². The van der Waals surface area contributed by atoms with Crippen molar-refractivity contribution in [2.24, 2.45) is 0 Å². The van der Waals surface area contributed by atoms with Gasteiger partial charge in [-0.05, 0) is 46.3 Å². The maximum absolute atomic E-state index is 12.2. The van der Waals surface area contributed by atoms with Crippen LogP contribution in [0.15, 0.2) is 46.9 Å². The highest BCUT2D eigenvalue weighted by molar-refractivity contribution is 9.10. The molecule has 0 unspecified atom stereocenters. The van der Waals surface area contributed by atoms with Crippen LogP contribution >= 0.6 is 27.5 Å². The zero-order valence-electron chi connectivity index (χ0n) is 11.4. The summed E-state index contributed by atoms with van der Waals surface area (Å²) in [5, 5.41) is 2.88. The molecule has 0 aromatic heterocycles. The largest absolute Gasteiger partial charge is 0.321 e. The van der Waals surface area contributed by atoms with Gasteiger partial charge in [0.2, 0.25) is 10.0 Å². The third-order valence-electron chi connectivity index (χ3n) is 2.65. The Morgan fingerprint density at radius 2 is 1.82 bits per heavy atom. The average molecular weight is 404 g/mol. The molecular weight excluding hydrogens is 392 g/mol. The van der Waals surface area contributed by atoms with Gasteiger partial charge in [0.1, 0.15) is 0 Å². The zero-order valence-corrected chi connectivity index (χ0v) is 14.6. The number of hydrogen-bond donors (Lipinski definition) is 2. The number of halogens is 2. The van der Waals surface area contributed by atoms with Gasteiger partial charge in [0.15, 0.2) is 0 Å². The quantitative estimate of drug-likeness (QED) is 0.817. The minimum atomic E-state index is -3.43. The van der Waals surface area contributed by atoms with Gasteiger partial charge in [0.05, 0.1) is 22.7 Å². The molecule has 22 heavy (non-hydrogen) atoms. The Morgan fingerprint density at radius 1 is 1.14 bits per heavy atom. The van der Waals surface area contributed by atoms with Gasteiger partial charge >= 0.3 is 0 Å². The number of anilines is 2. The van der Waals surface area contributed by atoms with Crippen LogP contribution in [0.25, 0.3) is 0 Å². The molecule has 0 spiro atoms. The van der Waals surface area contributed by atoms with Crippen molar-refractivity contribution in [1.29, 1.82) is 0 Å². The van der Waals surface area contributed by atoms with E-state index in [1.165, 1.54) is 18.2 Å². The lowest BCUT2D eigenvalue weighted by molar-refractivity contribution is 0.102. The molecule has 0 saturated heterocycles. The molecule has 2 N–H and O–H groups in total. The molecule has 0 aliphatic heterocycles. The predicted octanol–water partition coefficient (Wildman–Crippen LogP) is 3.73. The minimum absolute atomic E-state index is 0.144. The van der Waals surface area contributed by atoms with Gasteiger partial charge < -0.3 is 5.32 Å². The lowest BCUT2D eigenvalue weighted by Gasteiger charge is -2.10. The van der Waals surface area contributed by atoms with Gasteiger partial charge in [-0.2, -0.15) is 0 Å². The first-order chi connectivity index (χ1) is 10.3. The maximum atomic E-state index is 12.2. The van der Waals surface area contributed by atoms with Crippen LogP contribution < -0.4 is 10.0 Å². The van der Waals surface area contributed by atoms with Crippen molar-refractivity contribution in [2.45, 2.75) is 0 Å². The van der Waals surface area contributed by atoms with Gasteiger partial charge in [0, 0.05) is 10.0 Å². The Labute approximate surface area is 141 Å². The molecule has 0 atom stereocenters. The Kier molecular flexibility index (Phi) is 5.10. The first kappa shape index (κ1) is 16.8.